The molecule has 2 fully saturated rings. The van der Waals surface area contributed by atoms with Crippen LogP contribution >= 0.6 is 0 Å². The maximum Gasteiger partial charge on any atom is 0.418 e. The summed E-state index contributed by atoms with van der Waals surface area (Å²) in [6.07, 6.45) is -1.30. The van der Waals surface area contributed by atoms with E-state index in [4.69, 9.17) is 4.74 Å². The van der Waals surface area contributed by atoms with Crippen molar-refractivity contribution < 1.29 is 27.8 Å². The summed E-state index contributed by atoms with van der Waals surface area (Å²) in [5, 5.41) is 12.3. The lowest BCUT2D eigenvalue weighted by Crippen LogP contribution is -2.49. The second kappa shape index (κ2) is 7.03. The molecule has 1 aliphatic carbocycles. The van der Waals surface area contributed by atoms with Crippen molar-refractivity contribution in [3.63, 3.8) is 0 Å². The number of alkyl halides is 3. The summed E-state index contributed by atoms with van der Waals surface area (Å²) in [5.74, 6) is 1.05. The predicted octanol–water partition coefficient (Wildman–Crippen LogP) is 2.20. The monoisotopic (exact) mass is 373 g/mol. The molecule has 144 valence electrons. The quantitative estimate of drug-likeness (QED) is 0.800. The maximum atomic E-state index is 12.9. The van der Waals surface area contributed by atoms with Crippen LogP contribution in [0.4, 0.5) is 19.0 Å². The van der Waals surface area contributed by atoms with E-state index in [0.29, 0.717) is 24.1 Å². The molecule has 1 aliphatic heterocycles. The average Bonchev–Trinajstić information content (AvgIpc) is 3.32. The van der Waals surface area contributed by atoms with Gasteiger partial charge in [0, 0.05) is 13.1 Å². The number of halogens is 3. The first-order valence-corrected chi connectivity index (χ1v) is 8.61. The minimum Gasteiger partial charge on any atom is -0.492 e. The van der Waals surface area contributed by atoms with E-state index in [1.165, 1.54) is 30.9 Å². The van der Waals surface area contributed by atoms with Crippen molar-refractivity contribution in [2.75, 3.05) is 25.0 Å². The van der Waals surface area contributed by atoms with E-state index in [2.05, 4.69) is 10.3 Å². The molecule has 2 aliphatic rings. The third kappa shape index (κ3) is 4.27. The van der Waals surface area contributed by atoms with Gasteiger partial charge in [-0.05, 0) is 44.2 Å². The third-order valence-corrected chi connectivity index (χ3v) is 4.90. The van der Waals surface area contributed by atoms with Crippen LogP contribution in [0.2, 0.25) is 0 Å². The summed E-state index contributed by atoms with van der Waals surface area (Å²) in [5.41, 5.74) is -2.76. The highest BCUT2D eigenvalue weighted by Gasteiger charge is 2.57. The average molecular weight is 373 g/mol. The second-order valence-corrected chi connectivity index (χ2v) is 7.05. The van der Waals surface area contributed by atoms with Gasteiger partial charge in [-0.3, -0.25) is 9.69 Å². The Hall–Kier alpha value is -1.87. The molecular formula is C17H22F3N3O3. The van der Waals surface area contributed by atoms with Gasteiger partial charge in [0.25, 0.3) is 0 Å². The number of carbonyl (C=O) groups excluding carboxylic acids is 1. The molecule has 1 aromatic rings. The summed E-state index contributed by atoms with van der Waals surface area (Å²) in [6.45, 7) is 1.53. The summed E-state index contributed by atoms with van der Waals surface area (Å²) in [4.78, 5) is 17.7. The number of ether oxygens (including phenoxy) is 1. The van der Waals surface area contributed by atoms with Crippen molar-refractivity contribution in [2.45, 2.75) is 44.0 Å². The van der Waals surface area contributed by atoms with Crippen LogP contribution in [0, 0.1) is 5.92 Å². The molecule has 1 amide bonds. The molecule has 1 aromatic heterocycles. The van der Waals surface area contributed by atoms with Gasteiger partial charge in [0.05, 0.1) is 18.8 Å². The molecule has 26 heavy (non-hydrogen) atoms. The Kier molecular flexibility index (Phi) is 5.12. The topological polar surface area (TPSA) is 74.7 Å². The number of amides is 1. The summed E-state index contributed by atoms with van der Waals surface area (Å²) >= 11 is 0. The number of anilines is 1. The summed E-state index contributed by atoms with van der Waals surface area (Å²) in [7, 11) is 0. The lowest BCUT2D eigenvalue weighted by atomic mass is 10.0. The highest BCUT2D eigenvalue weighted by atomic mass is 19.4. The number of nitrogens with zero attached hydrogens (tertiary/aromatic N) is 2. The summed E-state index contributed by atoms with van der Waals surface area (Å²) in [6, 6.07) is 2.45. The van der Waals surface area contributed by atoms with Gasteiger partial charge in [-0.15, -0.1) is 0 Å². The van der Waals surface area contributed by atoms with Crippen LogP contribution in [0.5, 0.6) is 5.75 Å². The van der Waals surface area contributed by atoms with Gasteiger partial charge in [0.15, 0.2) is 5.60 Å². The van der Waals surface area contributed by atoms with Gasteiger partial charge in [0.1, 0.15) is 11.6 Å². The minimum atomic E-state index is -4.71. The summed E-state index contributed by atoms with van der Waals surface area (Å²) < 4.78 is 44.2. The number of hydrogen-bond donors (Lipinski definition) is 2. The molecule has 0 bridgehead atoms. The van der Waals surface area contributed by atoms with Crippen molar-refractivity contribution in [1.29, 1.82) is 0 Å². The zero-order valence-electron chi connectivity index (χ0n) is 14.4. The number of hydrogen-bond acceptors (Lipinski definition) is 5. The Morgan fingerprint density at radius 2 is 2.23 bits per heavy atom. The molecule has 2 atom stereocenters. The largest absolute Gasteiger partial charge is 0.492 e. The zero-order valence-corrected chi connectivity index (χ0v) is 14.4. The van der Waals surface area contributed by atoms with Crippen molar-refractivity contribution in [3.05, 3.63) is 18.3 Å². The van der Waals surface area contributed by atoms with Crippen LogP contribution in [0.25, 0.3) is 0 Å². The van der Waals surface area contributed by atoms with Crippen molar-refractivity contribution >= 4 is 11.7 Å². The Morgan fingerprint density at radius 1 is 1.50 bits per heavy atom. The Balaban J connectivity index is 1.52. The molecule has 1 saturated heterocycles. The second-order valence-electron chi connectivity index (χ2n) is 7.05. The van der Waals surface area contributed by atoms with E-state index in [1.807, 2.05) is 0 Å². The third-order valence-electron chi connectivity index (χ3n) is 4.90. The smallest absolute Gasteiger partial charge is 0.418 e. The Morgan fingerprint density at radius 3 is 2.77 bits per heavy atom. The Bertz CT molecular complexity index is 649. The number of nitrogens with one attached hydrogen (secondary N) is 1. The van der Waals surface area contributed by atoms with Crippen LogP contribution in [-0.4, -0.2) is 58.4 Å². The first kappa shape index (κ1) is 18.9. The van der Waals surface area contributed by atoms with Crippen molar-refractivity contribution in [3.8, 4) is 5.75 Å². The van der Waals surface area contributed by atoms with Crippen LogP contribution < -0.4 is 10.1 Å². The lowest BCUT2D eigenvalue weighted by molar-refractivity contribution is -0.254. The molecule has 0 spiro atoms. The number of rotatable bonds is 6. The number of aliphatic hydroxyl groups is 1. The first-order valence-electron chi connectivity index (χ1n) is 8.61. The van der Waals surface area contributed by atoms with Crippen LogP contribution in [0.1, 0.15) is 26.2 Å². The van der Waals surface area contributed by atoms with Gasteiger partial charge in [-0.1, -0.05) is 0 Å². The van der Waals surface area contributed by atoms with E-state index in [-0.39, 0.29) is 6.54 Å². The molecule has 9 heteroatoms. The van der Waals surface area contributed by atoms with E-state index in [9.17, 15) is 23.1 Å². The molecule has 6 nitrogen and oxygen atoms in total. The van der Waals surface area contributed by atoms with Gasteiger partial charge >= 0.3 is 6.18 Å². The van der Waals surface area contributed by atoms with Crippen LogP contribution in [-0.2, 0) is 4.79 Å². The highest BCUT2D eigenvalue weighted by molar-refractivity contribution is 5.93. The lowest BCUT2D eigenvalue weighted by Gasteiger charge is -2.28. The van der Waals surface area contributed by atoms with E-state index in [0.717, 1.165) is 0 Å². The Labute approximate surface area is 149 Å². The number of likely N-dealkylation sites (tertiary alicyclic amines) is 1. The standard InChI is InChI=1S/C17H22F3N3O3/c1-11(23-7-6-16(25,10-23)17(18,19)20)15(24)22-14-5-4-13(8-21-14)26-9-12-2-3-12/h4-5,8,11-12,25H,2-3,6-7,9-10H2,1H3,(H,21,22,24)/t11-,16-/m0/s1. The van der Waals surface area contributed by atoms with E-state index < -0.39 is 36.7 Å². The number of aromatic nitrogens is 1. The van der Waals surface area contributed by atoms with Crippen molar-refractivity contribution in [1.82, 2.24) is 9.88 Å². The molecule has 2 heterocycles. The van der Waals surface area contributed by atoms with Gasteiger partial charge in [-0.2, -0.15) is 13.2 Å². The van der Waals surface area contributed by atoms with Gasteiger partial charge in [-0.25, -0.2) is 4.98 Å². The van der Waals surface area contributed by atoms with E-state index in [1.54, 1.807) is 12.1 Å². The maximum absolute atomic E-state index is 12.9. The molecule has 3 rings (SSSR count). The molecule has 2 N–H and O–H groups in total. The minimum absolute atomic E-state index is 0.00797. The van der Waals surface area contributed by atoms with Crippen molar-refractivity contribution in [2.24, 2.45) is 5.92 Å². The highest BCUT2D eigenvalue weighted by Crippen LogP contribution is 2.38. The molecule has 0 radical (unpaired) electrons. The fourth-order valence-electron chi connectivity index (χ4n) is 2.82. The van der Waals surface area contributed by atoms with Crippen LogP contribution in [0.3, 0.4) is 0 Å². The fraction of sp³-hybridized carbons (Fsp3) is 0.647. The first-order chi connectivity index (χ1) is 12.2. The zero-order chi connectivity index (χ0) is 18.9. The van der Waals surface area contributed by atoms with E-state index >= 15 is 0 Å². The molecule has 0 aromatic carbocycles. The molecule has 0 unspecified atom stereocenters. The van der Waals surface area contributed by atoms with Gasteiger partial charge < -0.3 is 15.2 Å². The number of carbonyl (C=O) groups is 1. The van der Waals surface area contributed by atoms with Crippen LogP contribution in [0.15, 0.2) is 18.3 Å². The SMILES string of the molecule is C[C@@H](C(=O)Nc1ccc(OCC2CC2)cn1)N1CC[C@@](O)(C(F)(F)F)C1. The normalized spacial score (nSPS) is 25.1. The van der Waals surface area contributed by atoms with Gasteiger partial charge in [0.2, 0.25) is 5.91 Å². The number of pyridine rings is 1. The molecule has 1 saturated carbocycles. The fourth-order valence-corrected chi connectivity index (χ4v) is 2.82. The predicted molar refractivity (Wildman–Crippen MR) is 87.7 cm³/mol. The number of β-amino-alcohol motifs (C(OH)–C–C–N with tert-alkyl or cyclic N) is 1. The molecular weight excluding hydrogens is 351 g/mol.